The van der Waals surface area contributed by atoms with Crippen LogP contribution in [0.15, 0.2) is 30.3 Å². The number of carbonyl (C=O) groups excluding carboxylic acids is 5. The number of hydrogen-bond donors (Lipinski definition) is 3. The predicted molar refractivity (Wildman–Crippen MR) is 159 cm³/mol. The molecule has 2 heterocycles. The van der Waals surface area contributed by atoms with Crippen molar-refractivity contribution in [2.45, 2.75) is 83.8 Å². The maximum absolute atomic E-state index is 13.5. The molecule has 5 rings (SSSR count). The van der Waals surface area contributed by atoms with Crippen molar-refractivity contribution < 1.29 is 24.0 Å². The minimum absolute atomic E-state index is 0.0398. The summed E-state index contributed by atoms with van der Waals surface area (Å²) in [5, 5.41) is 5.34. The number of nitrogen functional groups attached to an aromatic ring is 1. The second kappa shape index (κ2) is 11.6. The molecule has 42 heavy (non-hydrogen) atoms. The molecule has 222 valence electrons. The highest BCUT2D eigenvalue weighted by atomic mass is 16.2. The Kier molecular flexibility index (Phi) is 8.08. The number of rotatable bonds is 7. The van der Waals surface area contributed by atoms with Gasteiger partial charge in [-0.2, -0.15) is 0 Å². The van der Waals surface area contributed by atoms with Crippen molar-refractivity contribution in [1.82, 2.24) is 15.5 Å². The number of carbonyl (C=O) groups is 5. The molecule has 2 fully saturated rings. The highest BCUT2D eigenvalue weighted by molar-refractivity contribution is 6.25. The lowest BCUT2D eigenvalue weighted by molar-refractivity contribution is -0.136. The number of fused-ring (bicyclic) bond motifs is 1. The van der Waals surface area contributed by atoms with Crippen molar-refractivity contribution >= 4 is 40.9 Å². The summed E-state index contributed by atoms with van der Waals surface area (Å²) in [5.41, 5.74) is 11.4. The molecule has 2 aliphatic heterocycles. The Morgan fingerprint density at radius 1 is 1.07 bits per heavy atom. The molecular formula is C32H39N5O5. The molecule has 0 bridgehead atoms. The van der Waals surface area contributed by atoms with Gasteiger partial charge in [-0.05, 0) is 73.8 Å². The van der Waals surface area contributed by atoms with E-state index in [0.717, 1.165) is 40.1 Å². The highest BCUT2D eigenvalue weighted by Gasteiger charge is 2.46. The molecule has 2 aromatic carbocycles. The van der Waals surface area contributed by atoms with E-state index in [1.165, 1.54) is 0 Å². The maximum atomic E-state index is 13.5. The SMILES string of the molecule is Cc1cc(CNC(=O)[C@H]2CC[C@H](N(C)c3cccc4c3C(=O)N(C3CCC(=O)NC3=O)C4=O)CC2)cc(C(C)C)c1N. The maximum Gasteiger partial charge on any atom is 0.264 e. The first-order valence-corrected chi connectivity index (χ1v) is 14.7. The van der Waals surface area contributed by atoms with Crippen LogP contribution in [-0.4, -0.2) is 53.6 Å². The van der Waals surface area contributed by atoms with E-state index in [4.69, 9.17) is 5.73 Å². The summed E-state index contributed by atoms with van der Waals surface area (Å²) < 4.78 is 0. The van der Waals surface area contributed by atoms with Gasteiger partial charge in [0, 0.05) is 37.7 Å². The number of anilines is 2. The van der Waals surface area contributed by atoms with Gasteiger partial charge < -0.3 is 16.0 Å². The van der Waals surface area contributed by atoms with Gasteiger partial charge >= 0.3 is 0 Å². The lowest BCUT2D eigenvalue weighted by Crippen LogP contribution is -2.54. The fraction of sp³-hybridized carbons (Fsp3) is 0.469. The van der Waals surface area contributed by atoms with E-state index in [0.29, 0.717) is 31.0 Å². The average Bonchev–Trinajstić information content (AvgIpc) is 3.22. The van der Waals surface area contributed by atoms with E-state index in [1.54, 1.807) is 12.1 Å². The monoisotopic (exact) mass is 573 g/mol. The largest absolute Gasteiger partial charge is 0.398 e. The lowest BCUT2D eigenvalue weighted by atomic mass is 9.84. The van der Waals surface area contributed by atoms with E-state index in [1.807, 2.05) is 31.0 Å². The van der Waals surface area contributed by atoms with Crippen LogP contribution >= 0.6 is 0 Å². The standard InChI is InChI=1S/C32H39N5O5/c1-17(2)23-15-19(14-18(3)28(23)33)16-34-29(39)20-8-10-21(11-9-20)36(4)24-7-5-6-22-27(24)32(42)37(31(22)41)25-12-13-26(38)35-30(25)40/h5-7,14-15,17,20-21,25H,8-13,16,33H2,1-4H3,(H,34,39)(H,35,38,40)/t20-,21-,25?. The van der Waals surface area contributed by atoms with Crippen molar-refractivity contribution in [2.75, 3.05) is 17.7 Å². The Bertz CT molecular complexity index is 1460. The van der Waals surface area contributed by atoms with Gasteiger partial charge in [0.1, 0.15) is 6.04 Å². The number of amides is 5. The third kappa shape index (κ3) is 5.37. The molecule has 10 nitrogen and oxygen atoms in total. The van der Waals surface area contributed by atoms with Crippen LogP contribution in [0, 0.1) is 12.8 Å². The molecular weight excluding hydrogens is 534 g/mol. The van der Waals surface area contributed by atoms with Gasteiger partial charge in [0.05, 0.1) is 16.8 Å². The van der Waals surface area contributed by atoms with Crippen LogP contribution in [-0.2, 0) is 20.9 Å². The Labute approximate surface area is 246 Å². The number of imide groups is 2. The Morgan fingerprint density at radius 2 is 1.79 bits per heavy atom. The van der Waals surface area contributed by atoms with E-state index >= 15 is 0 Å². The van der Waals surface area contributed by atoms with Crippen molar-refractivity contribution in [3.8, 4) is 0 Å². The molecule has 1 atom stereocenters. The summed E-state index contributed by atoms with van der Waals surface area (Å²) in [4.78, 5) is 66.9. The van der Waals surface area contributed by atoms with Crippen LogP contribution < -0.4 is 21.3 Å². The van der Waals surface area contributed by atoms with Crippen LogP contribution in [0.25, 0.3) is 0 Å². The van der Waals surface area contributed by atoms with Gasteiger partial charge in [-0.25, -0.2) is 0 Å². The quantitative estimate of drug-likeness (QED) is 0.340. The molecule has 1 aliphatic carbocycles. The smallest absolute Gasteiger partial charge is 0.264 e. The van der Waals surface area contributed by atoms with Gasteiger partial charge in [0.25, 0.3) is 11.8 Å². The molecule has 0 aromatic heterocycles. The van der Waals surface area contributed by atoms with Crippen molar-refractivity contribution in [1.29, 1.82) is 0 Å². The normalized spacial score (nSPS) is 22.3. The first-order valence-electron chi connectivity index (χ1n) is 14.7. The van der Waals surface area contributed by atoms with E-state index < -0.39 is 29.7 Å². The molecule has 5 amide bonds. The average molecular weight is 574 g/mol. The van der Waals surface area contributed by atoms with E-state index in [-0.39, 0.29) is 41.8 Å². The summed E-state index contributed by atoms with van der Waals surface area (Å²) in [5.74, 6) is -1.82. The predicted octanol–water partition coefficient (Wildman–Crippen LogP) is 3.41. The topological polar surface area (TPSA) is 142 Å². The van der Waals surface area contributed by atoms with Gasteiger partial charge in [-0.3, -0.25) is 34.2 Å². The zero-order valence-electron chi connectivity index (χ0n) is 24.7. The molecule has 3 aliphatic rings. The zero-order valence-corrected chi connectivity index (χ0v) is 24.7. The number of benzene rings is 2. The lowest BCUT2D eigenvalue weighted by Gasteiger charge is -2.36. The number of nitrogens with zero attached hydrogens (tertiary/aromatic N) is 2. The minimum Gasteiger partial charge on any atom is -0.398 e. The highest BCUT2D eigenvalue weighted by Crippen LogP contribution is 2.37. The molecule has 2 aromatic rings. The molecule has 1 unspecified atom stereocenters. The number of aryl methyl sites for hydroxylation is 1. The summed E-state index contributed by atoms with van der Waals surface area (Å²) in [6.45, 7) is 6.65. The molecule has 4 N–H and O–H groups in total. The third-order valence-electron chi connectivity index (χ3n) is 9.01. The van der Waals surface area contributed by atoms with E-state index in [9.17, 15) is 24.0 Å². The molecule has 1 saturated heterocycles. The van der Waals surface area contributed by atoms with Crippen LogP contribution in [0.4, 0.5) is 11.4 Å². The van der Waals surface area contributed by atoms with Gasteiger partial charge in [0.15, 0.2) is 0 Å². The van der Waals surface area contributed by atoms with Crippen molar-refractivity contribution in [2.24, 2.45) is 5.92 Å². The first-order chi connectivity index (χ1) is 20.0. The number of piperidine rings is 1. The number of nitrogens with two attached hydrogens (primary N) is 1. The summed E-state index contributed by atoms with van der Waals surface area (Å²) in [6.07, 6.45) is 3.13. The fourth-order valence-electron chi connectivity index (χ4n) is 6.53. The van der Waals surface area contributed by atoms with Crippen molar-refractivity contribution in [3.63, 3.8) is 0 Å². The molecule has 10 heteroatoms. The van der Waals surface area contributed by atoms with Gasteiger partial charge in [-0.15, -0.1) is 0 Å². The second-order valence-electron chi connectivity index (χ2n) is 12.1. The van der Waals surface area contributed by atoms with E-state index in [2.05, 4.69) is 30.5 Å². The number of hydrogen-bond acceptors (Lipinski definition) is 7. The minimum atomic E-state index is -1.00. The Morgan fingerprint density at radius 3 is 2.45 bits per heavy atom. The molecule has 0 radical (unpaired) electrons. The molecule has 1 saturated carbocycles. The summed E-state index contributed by atoms with van der Waals surface area (Å²) in [7, 11) is 1.91. The Hall–Kier alpha value is -4.21. The molecule has 0 spiro atoms. The van der Waals surface area contributed by atoms with Crippen LogP contribution in [0.2, 0.25) is 0 Å². The second-order valence-corrected chi connectivity index (χ2v) is 12.1. The zero-order chi connectivity index (χ0) is 30.3. The van der Waals surface area contributed by atoms with Gasteiger partial charge in [-0.1, -0.05) is 32.0 Å². The van der Waals surface area contributed by atoms with Crippen LogP contribution in [0.1, 0.15) is 95.7 Å². The summed E-state index contributed by atoms with van der Waals surface area (Å²) >= 11 is 0. The van der Waals surface area contributed by atoms with Crippen molar-refractivity contribution in [3.05, 3.63) is 58.1 Å². The Balaban J connectivity index is 1.22. The summed E-state index contributed by atoms with van der Waals surface area (Å²) in [6, 6.07) is 8.35. The van der Waals surface area contributed by atoms with Crippen LogP contribution in [0.5, 0.6) is 0 Å². The first kappa shape index (κ1) is 29.3. The fourth-order valence-corrected chi connectivity index (χ4v) is 6.53. The van der Waals surface area contributed by atoms with Gasteiger partial charge in [0.2, 0.25) is 17.7 Å². The third-order valence-corrected chi connectivity index (χ3v) is 9.01. The van der Waals surface area contributed by atoms with Crippen LogP contribution in [0.3, 0.4) is 0 Å². The number of nitrogens with one attached hydrogen (secondary N) is 2.